The van der Waals surface area contributed by atoms with Crippen LogP contribution in [0.25, 0.3) is 0 Å². The lowest BCUT2D eigenvalue weighted by molar-refractivity contribution is -0.0455. The predicted molar refractivity (Wildman–Crippen MR) is 107 cm³/mol. The molecular weight excluding hydrogens is 354 g/mol. The van der Waals surface area contributed by atoms with Crippen LogP contribution in [0.1, 0.15) is 55.2 Å². The van der Waals surface area contributed by atoms with Crippen molar-refractivity contribution in [2.75, 3.05) is 19.7 Å². The van der Waals surface area contributed by atoms with Crippen molar-refractivity contribution in [3.05, 3.63) is 47.8 Å². The van der Waals surface area contributed by atoms with E-state index in [1.165, 1.54) is 0 Å². The number of para-hydroxylation sites is 1. The first-order valence-electron chi connectivity index (χ1n) is 10.1. The van der Waals surface area contributed by atoms with E-state index in [4.69, 9.17) is 9.47 Å². The van der Waals surface area contributed by atoms with Crippen LogP contribution in [0, 0.1) is 0 Å². The lowest BCUT2D eigenvalue weighted by Gasteiger charge is -2.39. The van der Waals surface area contributed by atoms with Crippen molar-refractivity contribution < 1.29 is 14.3 Å². The van der Waals surface area contributed by atoms with Crippen LogP contribution in [-0.4, -0.2) is 52.0 Å². The summed E-state index contributed by atoms with van der Waals surface area (Å²) in [6, 6.07) is 11.8. The molecule has 0 N–H and O–H groups in total. The van der Waals surface area contributed by atoms with Crippen molar-refractivity contribution in [2.24, 2.45) is 7.05 Å². The summed E-state index contributed by atoms with van der Waals surface area (Å²) in [5.74, 6) is 1.21. The molecule has 6 heteroatoms. The number of ether oxygens (including phenoxy) is 2. The third kappa shape index (κ3) is 3.78. The minimum Gasteiger partial charge on any atom is -0.488 e. The topological polar surface area (TPSA) is 56.6 Å². The van der Waals surface area contributed by atoms with Gasteiger partial charge in [0.2, 0.25) is 0 Å². The summed E-state index contributed by atoms with van der Waals surface area (Å²) >= 11 is 0. The molecule has 2 aliphatic rings. The number of likely N-dealkylation sites (tertiary alicyclic amines) is 1. The first-order valence-corrected chi connectivity index (χ1v) is 10.1. The first-order chi connectivity index (χ1) is 13.5. The molecule has 28 heavy (non-hydrogen) atoms. The van der Waals surface area contributed by atoms with E-state index < -0.39 is 0 Å². The van der Waals surface area contributed by atoms with E-state index in [9.17, 15) is 4.79 Å². The molecule has 0 radical (unpaired) electrons. The van der Waals surface area contributed by atoms with Gasteiger partial charge in [-0.15, -0.1) is 0 Å². The molecule has 2 aliphatic heterocycles. The van der Waals surface area contributed by atoms with Crippen molar-refractivity contribution in [1.82, 2.24) is 14.7 Å². The Labute approximate surface area is 166 Å². The summed E-state index contributed by atoms with van der Waals surface area (Å²) in [5.41, 5.74) is 1.30. The molecule has 2 atom stereocenters. The number of hydrogen-bond acceptors (Lipinski definition) is 4. The maximum absolute atomic E-state index is 13.1. The molecule has 0 saturated carbocycles. The second-order valence-electron chi connectivity index (χ2n) is 8.31. The van der Waals surface area contributed by atoms with Gasteiger partial charge in [-0.05, 0) is 37.0 Å². The van der Waals surface area contributed by atoms with Gasteiger partial charge in [0.1, 0.15) is 17.5 Å². The van der Waals surface area contributed by atoms with E-state index in [1.54, 1.807) is 4.68 Å². The SMILES string of the molecule is CC(C)c1cc(C(=O)N2CCC[C@@]3(C[C@@H](Oc4ccccc4)CO3)C2)n(C)n1. The van der Waals surface area contributed by atoms with Gasteiger partial charge in [-0.2, -0.15) is 5.10 Å². The summed E-state index contributed by atoms with van der Waals surface area (Å²) in [4.78, 5) is 15.1. The van der Waals surface area contributed by atoms with Crippen LogP contribution in [0.5, 0.6) is 5.75 Å². The fourth-order valence-electron chi connectivity index (χ4n) is 4.26. The van der Waals surface area contributed by atoms with Crippen LogP contribution in [0.15, 0.2) is 36.4 Å². The second-order valence-corrected chi connectivity index (χ2v) is 8.31. The molecule has 1 aromatic heterocycles. The van der Waals surface area contributed by atoms with Crippen LogP contribution in [0.2, 0.25) is 0 Å². The van der Waals surface area contributed by atoms with Crippen molar-refractivity contribution >= 4 is 5.91 Å². The molecule has 0 aliphatic carbocycles. The summed E-state index contributed by atoms with van der Waals surface area (Å²) < 4.78 is 14.0. The minimum absolute atomic E-state index is 0.0294. The number of rotatable bonds is 4. The number of nitrogens with zero attached hydrogens (tertiary/aromatic N) is 3. The summed E-state index contributed by atoms with van der Waals surface area (Å²) in [5, 5.41) is 4.49. The van der Waals surface area contributed by atoms with Gasteiger partial charge >= 0.3 is 0 Å². The van der Waals surface area contributed by atoms with Crippen molar-refractivity contribution in [3.8, 4) is 5.75 Å². The predicted octanol–water partition coefficient (Wildman–Crippen LogP) is 3.39. The van der Waals surface area contributed by atoms with Crippen LogP contribution < -0.4 is 4.74 Å². The van der Waals surface area contributed by atoms with Gasteiger partial charge in [0.05, 0.1) is 24.4 Å². The fourth-order valence-corrected chi connectivity index (χ4v) is 4.26. The fraction of sp³-hybridized carbons (Fsp3) is 0.545. The molecule has 2 aromatic rings. The number of carbonyl (C=O) groups is 1. The molecule has 0 bridgehead atoms. The molecule has 0 unspecified atom stereocenters. The van der Waals surface area contributed by atoms with Crippen LogP contribution in [0.3, 0.4) is 0 Å². The number of hydrogen-bond donors (Lipinski definition) is 0. The molecule has 1 aromatic carbocycles. The second kappa shape index (κ2) is 7.59. The van der Waals surface area contributed by atoms with Gasteiger partial charge in [-0.1, -0.05) is 32.0 Å². The number of carbonyl (C=O) groups excluding carboxylic acids is 1. The Bertz CT molecular complexity index is 833. The Morgan fingerprint density at radius 1 is 1.32 bits per heavy atom. The van der Waals surface area contributed by atoms with Gasteiger partial charge < -0.3 is 14.4 Å². The molecule has 3 heterocycles. The van der Waals surface area contributed by atoms with Gasteiger partial charge in [0.15, 0.2) is 0 Å². The summed E-state index contributed by atoms with van der Waals surface area (Å²) in [6.45, 7) is 6.12. The highest BCUT2D eigenvalue weighted by molar-refractivity contribution is 5.92. The average Bonchev–Trinajstić information content (AvgIpc) is 3.26. The molecule has 1 amide bonds. The third-order valence-electron chi connectivity index (χ3n) is 5.76. The number of aromatic nitrogens is 2. The Morgan fingerprint density at radius 2 is 2.11 bits per heavy atom. The van der Waals surface area contributed by atoms with Gasteiger partial charge in [0.25, 0.3) is 5.91 Å². The first kappa shape index (κ1) is 19.0. The van der Waals surface area contributed by atoms with Gasteiger partial charge in [0, 0.05) is 20.0 Å². The number of aryl methyl sites for hydroxylation is 1. The maximum Gasteiger partial charge on any atom is 0.272 e. The van der Waals surface area contributed by atoms with Gasteiger partial charge in [-0.25, -0.2) is 0 Å². The van der Waals surface area contributed by atoms with Crippen molar-refractivity contribution in [3.63, 3.8) is 0 Å². The number of benzene rings is 1. The normalized spacial score (nSPS) is 24.9. The minimum atomic E-state index is -0.299. The molecule has 2 fully saturated rings. The largest absolute Gasteiger partial charge is 0.488 e. The lowest BCUT2D eigenvalue weighted by Crippen LogP contribution is -2.50. The Hall–Kier alpha value is -2.34. The molecule has 4 rings (SSSR count). The monoisotopic (exact) mass is 383 g/mol. The van der Waals surface area contributed by atoms with E-state index >= 15 is 0 Å². The zero-order valence-corrected chi connectivity index (χ0v) is 16.9. The van der Waals surface area contributed by atoms with E-state index in [-0.39, 0.29) is 17.6 Å². The highest BCUT2D eigenvalue weighted by atomic mass is 16.6. The molecule has 150 valence electrons. The zero-order valence-electron chi connectivity index (χ0n) is 16.9. The van der Waals surface area contributed by atoms with E-state index in [0.29, 0.717) is 24.8 Å². The van der Waals surface area contributed by atoms with E-state index in [2.05, 4.69) is 18.9 Å². The molecular formula is C22H29N3O3. The third-order valence-corrected chi connectivity index (χ3v) is 5.76. The average molecular weight is 383 g/mol. The quantitative estimate of drug-likeness (QED) is 0.812. The maximum atomic E-state index is 13.1. The van der Waals surface area contributed by atoms with Crippen molar-refractivity contribution in [1.29, 1.82) is 0 Å². The number of amides is 1. The van der Waals surface area contributed by atoms with Crippen LogP contribution in [-0.2, 0) is 11.8 Å². The van der Waals surface area contributed by atoms with E-state index in [0.717, 1.165) is 37.3 Å². The highest BCUT2D eigenvalue weighted by Crippen LogP contribution is 2.36. The lowest BCUT2D eigenvalue weighted by atomic mass is 9.89. The smallest absolute Gasteiger partial charge is 0.272 e. The Kier molecular flexibility index (Phi) is 5.15. The standard InChI is InChI=1S/C22H29N3O3/c1-16(2)19-12-20(24(3)23-19)21(26)25-11-7-10-22(15-25)13-18(14-27-22)28-17-8-5-4-6-9-17/h4-6,8-9,12,16,18H,7,10-11,13-15H2,1-3H3/t18-,22-/m1/s1. The van der Waals surface area contributed by atoms with Gasteiger partial charge in [-0.3, -0.25) is 9.48 Å². The number of piperidine rings is 1. The van der Waals surface area contributed by atoms with Crippen molar-refractivity contribution in [2.45, 2.75) is 50.7 Å². The Morgan fingerprint density at radius 3 is 2.82 bits per heavy atom. The summed E-state index contributed by atoms with van der Waals surface area (Å²) in [6.07, 6.45) is 2.75. The molecule has 6 nitrogen and oxygen atoms in total. The highest BCUT2D eigenvalue weighted by Gasteiger charge is 2.45. The zero-order chi connectivity index (χ0) is 19.7. The van der Waals surface area contributed by atoms with Crippen LogP contribution >= 0.6 is 0 Å². The summed E-state index contributed by atoms with van der Waals surface area (Å²) in [7, 11) is 1.84. The van der Waals surface area contributed by atoms with E-state index in [1.807, 2.05) is 48.3 Å². The molecule has 1 spiro atoms. The molecule has 2 saturated heterocycles. The van der Waals surface area contributed by atoms with Crippen LogP contribution in [0.4, 0.5) is 0 Å². The Balaban J connectivity index is 1.44.